The molecule has 436 valence electrons. The molecule has 3 aliphatic heterocycles. The van der Waals surface area contributed by atoms with Crippen molar-refractivity contribution in [3.05, 3.63) is 139 Å². The normalized spacial score (nSPS) is 21.4. The number of pyridine rings is 3. The van der Waals surface area contributed by atoms with Crippen LogP contribution in [0.3, 0.4) is 0 Å². The fourth-order valence-corrected chi connectivity index (χ4v) is 10.5. The summed E-state index contributed by atoms with van der Waals surface area (Å²) in [4.78, 5) is 75.0. The number of aromatic amines is 1. The summed E-state index contributed by atoms with van der Waals surface area (Å²) >= 11 is 33.4. The molecule has 1 N–H and O–H groups in total. The number of aromatic nitrogens is 15. The molecular formula is C54H61Cl6N16NaO6. The van der Waals surface area contributed by atoms with E-state index in [1.165, 1.54) is 49.6 Å². The van der Waals surface area contributed by atoms with Crippen LogP contribution in [0.25, 0.3) is 50.9 Å². The number of halogens is 6. The Bertz CT molecular complexity index is 3590. The van der Waals surface area contributed by atoms with Crippen LogP contribution in [0.4, 0.5) is 0 Å². The van der Waals surface area contributed by atoms with Gasteiger partial charge in [-0.25, -0.2) is 15.0 Å². The first-order chi connectivity index (χ1) is 39.4. The predicted molar refractivity (Wildman–Crippen MR) is 318 cm³/mol. The fourth-order valence-electron chi connectivity index (χ4n) is 9.57. The molecule has 9 atom stereocenters. The third-order valence-electron chi connectivity index (χ3n) is 13.5. The van der Waals surface area contributed by atoms with E-state index in [2.05, 4.69) is 91.4 Å². The van der Waals surface area contributed by atoms with E-state index in [9.17, 15) is 14.4 Å². The van der Waals surface area contributed by atoms with Crippen LogP contribution in [-0.4, -0.2) is 102 Å². The second-order valence-electron chi connectivity index (χ2n) is 19.1. The zero-order valence-electron chi connectivity index (χ0n) is 47.7. The number of hydrogen-bond acceptors (Lipinski definition) is 16. The molecule has 3 fully saturated rings. The van der Waals surface area contributed by atoms with Gasteiger partial charge in [-0.15, -0.1) is 23.2 Å². The maximum atomic E-state index is 11.3. The molecule has 9 aromatic rings. The van der Waals surface area contributed by atoms with Gasteiger partial charge in [-0.05, 0) is 91.1 Å². The summed E-state index contributed by atoms with van der Waals surface area (Å²) in [6, 6.07) is 10.5. The Hall–Kier alpha value is -5.39. The molecule has 12 rings (SSSR count). The van der Waals surface area contributed by atoms with Crippen LogP contribution >= 0.6 is 69.6 Å². The van der Waals surface area contributed by atoms with Gasteiger partial charge in [0.1, 0.15) is 23.5 Å². The van der Waals surface area contributed by atoms with Gasteiger partial charge < -0.3 is 34.3 Å². The van der Waals surface area contributed by atoms with Crippen molar-refractivity contribution in [1.29, 1.82) is 5.26 Å². The van der Waals surface area contributed by atoms with Crippen LogP contribution < -0.4 is 45.8 Å². The smallest absolute Gasteiger partial charge is 1.00 e. The van der Waals surface area contributed by atoms with Gasteiger partial charge in [0.2, 0.25) is 15.9 Å². The minimum Gasteiger partial charge on any atom is -1.00 e. The topological polar surface area (TPSA) is 259 Å². The van der Waals surface area contributed by atoms with Crippen LogP contribution in [0.15, 0.2) is 107 Å². The molecule has 83 heavy (non-hydrogen) atoms. The Balaban J connectivity index is 0.000000206. The molecular weight excluding hydrogens is 1200 g/mol. The van der Waals surface area contributed by atoms with Crippen LogP contribution in [0.2, 0.25) is 15.9 Å². The number of fused-ring (bicyclic) bond motifs is 3. The van der Waals surface area contributed by atoms with E-state index in [1.54, 1.807) is 69.6 Å². The van der Waals surface area contributed by atoms with E-state index in [0.717, 1.165) is 38.5 Å². The maximum Gasteiger partial charge on any atom is 1.00 e. The van der Waals surface area contributed by atoms with Crippen LogP contribution in [0, 0.1) is 29.1 Å². The largest absolute Gasteiger partial charge is 1.00 e. The van der Waals surface area contributed by atoms with E-state index in [1.807, 2.05) is 9.13 Å². The molecule has 3 aliphatic rings. The van der Waals surface area contributed by atoms with Crippen LogP contribution in [0.5, 0.6) is 0 Å². The van der Waals surface area contributed by atoms with E-state index in [4.69, 9.17) is 89.1 Å². The molecule has 9 aromatic heterocycles. The number of alkyl halides is 3. The molecule has 12 heterocycles. The predicted octanol–water partition coefficient (Wildman–Crippen LogP) is 8.54. The Morgan fingerprint density at radius 1 is 0.590 bits per heavy atom. The average molecular weight is 1270 g/mol. The molecule has 0 amide bonds. The van der Waals surface area contributed by atoms with Crippen molar-refractivity contribution in [1.82, 2.24) is 72.7 Å². The number of nitrogens with zero attached hydrogens (tertiary/aromatic N) is 15. The minimum atomic E-state index is -0.113. The number of imidazole rings is 3. The molecule has 22 nitrogen and oxygen atoms in total. The minimum absolute atomic E-state index is 0. The van der Waals surface area contributed by atoms with Crippen molar-refractivity contribution < 1.29 is 45.2 Å². The number of nitriles is 1. The Labute approximate surface area is 531 Å². The number of H-pyrrole nitrogens is 1. The summed E-state index contributed by atoms with van der Waals surface area (Å²) in [5, 5.41) is 7.88. The second kappa shape index (κ2) is 31.7. The first-order valence-electron chi connectivity index (χ1n) is 26.2. The molecule has 29 heteroatoms. The monoisotopic (exact) mass is 1260 g/mol. The van der Waals surface area contributed by atoms with Crippen molar-refractivity contribution in [2.75, 3.05) is 5.34 Å². The molecule has 2 unspecified atom stereocenters. The molecule has 0 bridgehead atoms. The summed E-state index contributed by atoms with van der Waals surface area (Å²) in [5.74, 6) is 3.22. The van der Waals surface area contributed by atoms with E-state index in [-0.39, 0.29) is 98.7 Å². The average Bonchev–Trinajstić information content (AvgIpc) is 3.74. The van der Waals surface area contributed by atoms with Gasteiger partial charge in [0.25, 0.3) is 0 Å². The van der Waals surface area contributed by atoms with Gasteiger partial charge in [-0.2, -0.15) is 35.2 Å². The Morgan fingerprint density at radius 3 is 1.29 bits per heavy atom. The SMILES string of the molecule is CC#N.CC[C@@H]1O[C@@H](n2cnc3c(-n4ccc(=O)cc4)nc(Cl)nc32)C[C@@H]1C.CC[C@H]1O[C@@H](n2cnc3c(-n4ccc(=O)cc4)nc(Cl)nc32)CC1C.CC[C@H]1O[C@H](Cl)CC1C.ClCCl.O=c1ccn(-c2nc(Cl)nc3nc[nH]c23)cc1.[H-].[Na+]. The first-order valence-corrected chi connectivity index (χ1v) is 28.8. The van der Waals surface area contributed by atoms with E-state index in [0.29, 0.717) is 74.8 Å². The number of rotatable bonds is 8. The second-order valence-corrected chi connectivity index (χ2v) is 21.4. The summed E-state index contributed by atoms with van der Waals surface area (Å²) in [7, 11) is 0. The van der Waals surface area contributed by atoms with Crippen LogP contribution in [0.1, 0.15) is 101 Å². The van der Waals surface area contributed by atoms with Gasteiger partial charge in [-0.1, -0.05) is 53.1 Å². The summed E-state index contributed by atoms with van der Waals surface area (Å²) < 4.78 is 26.6. The molecule has 3 saturated heterocycles. The van der Waals surface area contributed by atoms with Crippen molar-refractivity contribution in [2.24, 2.45) is 17.8 Å². The van der Waals surface area contributed by atoms with Crippen molar-refractivity contribution in [2.45, 2.75) is 123 Å². The summed E-state index contributed by atoms with van der Waals surface area (Å²) in [5.41, 5.74) is 3.40. The summed E-state index contributed by atoms with van der Waals surface area (Å²) in [6.45, 7) is 14.4. The van der Waals surface area contributed by atoms with E-state index >= 15 is 0 Å². The quantitative estimate of drug-likeness (QED) is 0.0849. The number of nitrogens with one attached hydrogen (secondary N) is 1. The van der Waals surface area contributed by atoms with Crippen molar-refractivity contribution in [3.8, 4) is 23.5 Å². The van der Waals surface area contributed by atoms with Crippen LogP contribution in [-0.2, 0) is 14.2 Å². The van der Waals surface area contributed by atoms with Crippen molar-refractivity contribution in [3.63, 3.8) is 0 Å². The standard InChI is InChI=1S/2C17H18ClN5O2.C10H6ClN5O.C7H13ClO.C2H3N.CH2Cl2.Na.H/c2*1-3-12-10(2)8-13(25-12)23-9-19-14-15(20-17(18)21-16(14)23)22-6-4-11(24)5-7-22;11-10-14-8-7(12-5-13-8)9(15-10)16-3-1-6(17)2-4-16;1-3-6-5(2)4-7(8)9-6;1-2-3;2-1-3;;/h2*4-7,9-10,12-13H,3,8H2,1-2H3;1-5H,(H,12,13,14,15);5-7H,3-4H2,1-2H3;1H3;1H2;;/q;;;;;;+1;-1/t10?,12-,13-;10-,12-,13+;;5?,6-,7+;;;;/m10.1..../s1. The Morgan fingerprint density at radius 2 is 0.940 bits per heavy atom. The zero-order chi connectivity index (χ0) is 59.2. The molecule has 0 radical (unpaired) electrons. The van der Waals surface area contributed by atoms with Gasteiger partial charge in [0.05, 0.1) is 48.7 Å². The van der Waals surface area contributed by atoms with E-state index < -0.39 is 0 Å². The van der Waals surface area contributed by atoms with Crippen molar-refractivity contribution >= 4 is 103 Å². The number of ether oxygens (including phenoxy) is 3. The van der Waals surface area contributed by atoms with Gasteiger partial charge in [0.15, 0.2) is 61.7 Å². The third-order valence-corrected chi connectivity index (χ3v) is 14.3. The van der Waals surface area contributed by atoms with Gasteiger partial charge in [-0.3, -0.25) is 23.5 Å². The van der Waals surface area contributed by atoms with Gasteiger partial charge >= 0.3 is 29.6 Å². The number of hydrogen-bond donors (Lipinski definition) is 1. The molecule has 0 saturated carbocycles. The maximum absolute atomic E-state index is 11.3. The summed E-state index contributed by atoms with van der Waals surface area (Å²) in [6.07, 6.45) is 21.2. The third kappa shape index (κ3) is 17.0. The Kier molecular flexibility index (Phi) is 25.5. The van der Waals surface area contributed by atoms with Gasteiger partial charge in [0, 0.05) is 80.5 Å². The molecule has 0 aromatic carbocycles. The fraction of sp³-hybridized carbons (Fsp3) is 0.426. The molecule has 0 spiro atoms. The zero-order valence-corrected chi connectivity index (χ0v) is 53.3. The first kappa shape index (κ1) is 66.7. The molecule has 0 aliphatic carbocycles.